The lowest BCUT2D eigenvalue weighted by molar-refractivity contribution is 0.0943. The van der Waals surface area contributed by atoms with Gasteiger partial charge < -0.3 is 10.2 Å². The highest BCUT2D eigenvalue weighted by atomic mass is 16.2. The van der Waals surface area contributed by atoms with Gasteiger partial charge in [0.2, 0.25) is 0 Å². The Morgan fingerprint density at radius 1 is 1.04 bits per heavy atom. The van der Waals surface area contributed by atoms with Crippen molar-refractivity contribution >= 4 is 17.5 Å². The minimum atomic E-state index is -0.168. The number of rotatable bonds is 5. The number of carbonyl (C=O) groups is 2. The van der Waals surface area contributed by atoms with E-state index in [-0.39, 0.29) is 17.9 Å². The summed E-state index contributed by atoms with van der Waals surface area (Å²) in [6.45, 7) is 8.31. The van der Waals surface area contributed by atoms with Crippen LogP contribution in [0.1, 0.15) is 47.1 Å². The molecule has 2 aromatic carbocycles. The number of anilines is 1. The molecule has 0 aliphatic carbocycles. The van der Waals surface area contributed by atoms with E-state index in [9.17, 15) is 9.59 Å². The normalized spacial score (nSPS) is 10.5. The Labute approximate surface area is 143 Å². The molecule has 0 aliphatic heterocycles. The van der Waals surface area contributed by atoms with Gasteiger partial charge in [0.05, 0.1) is 0 Å². The number of hydrogen-bond acceptors (Lipinski definition) is 2. The van der Waals surface area contributed by atoms with Crippen LogP contribution in [0.2, 0.25) is 0 Å². The first-order valence-electron chi connectivity index (χ1n) is 8.21. The van der Waals surface area contributed by atoms with E-state index in [2.05, 4.69) is 5.32 Å². The van der Waals surface area contributed by atoms with Crippen molar-refractivity contribution in [2.45, 2.75) is 33.7 Å². The molecule has 0 radical (unpaired) electrons. The molecule has 0 saturated carbocycles. The zero-order valence-electron chi connectivity index (χ0n) is 14.7. The Hall–Kier alpha value is -2.62. The third-order valence-corrected chi connectivity index (χ3v) is 3.67. The minimum Gasteiger partial charge on any atom is -0.350 e. The second-order valence-electron chi connectivity index (χ2n) is 6.10. The number of amides is 2. The van der Waals surface area contributed by atoms with Gasteiger partial charge in [0.25, 0.3) is 11.8 Å². The first-order chi connectivity index (χ1) is 11.4. The summed E-state index contributed by atoms with van der Waals surface area (Å²) in [6, 6.07) is 14.7. The maximum Gasteiger partial charge on any atom is 0.258 e. The van der Waals surface area contributed by atoms with Gasteiger partial charge >= 0.3 is 0 Å². The second-order valence-corrected chi connectivity index (χ2v) is 6.10. The number of benzene rings is 2. The number of carbonyl (C=O) groups excluding carboxylic acids is 2. The summed E-state index contributed by atoms with van der Waals surface area (Å²) in [5.41, 5.74) is 2.97. The topological polar surface area (TPSA) is 49.4 Å². The Balaban J connectivity index is 2.29. The molecule has 1 N–H and O–H groups in total. The molecular formula is C20H24N2O2. The molecule has 0 atom stereocenters. The summed E-state index contributed by atoms with van der Waals surface area (Å²) >= 11 is 0. The lowest BCUT2D eigenvalue weighted by Crippen LogP contribution is -2.32. The van der Waals surface area contributed by atoms with E-state index in [4.69, 9.17) is 0 Å². The Kier molecular flexibility index (Phi) is 5.74. The van der Waals surface area contributed by atoms with Crippen molar-refractivity contribution in [3.05, 3.63) is 65.2 Å². The van der Waals surface area contributed by atoms with Crippen LogP contribution in [0.5, 0.6) is 0 Å². The Morgan fingerprint density at radius 3 is 2.33 bits per heavy atom. The van der Waals surface area contributed by atoms with Gasteiger partial charge in [0.15, 0.2) is 0 Å². The van der Waals surface area contributed by atoms with E-state index in [0.717, 1.165) is 11.3 Å². The van der Waals surface area contributed by atoms with Gasteiger partial charge in [0.1, 0.15) is 0 Å². The Morgan fingerprint density at radius 2 is 1.71 bits per heavy atom. The lowest BCUT2D eigenvalue weighted by Gasteiger charge is -2.22. The van der Waals surface area contributed by atoms with E-state index in [1.54, 1.807) is 29.2 Å². The van der Waals surface area contributed by atoms with Crippen molar-refractivity contribution < 1.29 is 9.59 Å². The maximum atomic E-state index is 12.9. The SMILES string of the molecule is CCN(C(=O)c1cccc(C(=O)NC(C)C)c1)c1cccc(C)c1. The van der Waals surface area contributed by atoms with Crippen LogP contribution >= 0.6 is 0 Å². The van der Waals surface area contributed by atoms with Crippen molar-refractivity contribution in [2.24, 2.45) is 0 Å². The summed E-state index contributed by atoms with van der Waals surface area (Å²) in [5.74, 6) is -0.277. The fourth-order valence-electron chi connectivity index (χ4n) is 2.53. The smallest absolute Gasteiger partial charge is 0.258 e. The van der Waals surface area contributed by atoms with Crippen molar-refractivity contribution in [3.8, 4) is 0 Å². The number of nitrogens with one attached hydrogen (secondary N) is 1. The second kappa shape index (κ2) is 7.77. The van der Waals surface area contributed by atoms with Gasteiger partial charge in [-0.3, -0.25) is 9.59 Å². The molecule has 0 aliphatic rings. The van der Waals surface area contributed by atoms with Crippen LogP contribution in [0, 0.1) is 6.92 Å². The third kappa shape index (κ3) is 4.22. The minimum absolute atomic E-state index is 0.0521. The molecule has 126 valence electrons. The van der Waals surface area contributed by atoms with Crippen molar-refractivity contribution in [1.29, 1.82) is 0 Å². The van der Waals surface area contributed by atoms with E-state index in [1.807, 2.05) is 52.0 Å². The highest BCUT2D eigenvalue weighted by Gasteiger charge is 2.18. The van der Waals surface area contributed by atoms with Gasteiger partial charge in [-0.25, -0.2) is 0 Å². The zero-order valence-corrected chi connectivity index (χ0v) is 14.7. The summed E-state index contributed by atoms with van der Waals surface area (Å²) in [5, 5.41) is 2.84. The quantitative estimate of drug-likeness (QED) is 0.909. The fraction of sp³-hybridized carbons (Fsp3) is 0.300. The molecule has 2 aromatic rings. The molecule has 2 rings (SSSR count). The van der Waals surface area contributed by atoms with E-state index < -0.39 is 0 Å². The molecule has 24 heavy (non-hydrogen) atoms. The van der Waals surface area contributed by atoms with Gasteiger partial charge in [-0.05, 0) is 63.6 Å². The molecule has 2 amide bonds. The van der Waals surface area contributed by atoms with Gasteiger partial charge in [-0.2, -0.15) is 0 Å². The molecule has 0 unspecified atom stereocenters. The van der Waals surface area contributed by atoms with E-state index in [0.29, 0.717) is 17.7 Å². The van der Waals surface area contributed by atoms with Crippen LogP contribution in [0.15, 0.2) is 48.5 Å². The van der Waals surface area contributed by atoms with Crippen molar-refractivity contribution in [2.75, 3.05) is 11.4 Å². The molecule has 0 bridgehead atoms. The molecule has 4 nitrogen and oxygen atoms in total. The molecule has 0 fully saturated rings. The van der Waals surface area contributed by atoms with Crippen LogP contribution in [0.3, 0.4) is 0 Å². The first-order valence-corrected chi connectivity index (χ1v) is 8.21. The maximum absolute atomic E-state index is 12.9. The van der Waals surface area contributed by atoms with Crippen LogP contribution in [-0.4, -0.2) is 24.4 Å². The predicted molar refractivity (Wildman–Crippen MR) is 97.6 cm³/mol. The summed E-state index contributed by atoms with van der Waals surface area (Å²) in [4.78, 5) is 26.7. The molecule has 0 aromatic heterocycles. The number of aryl methyl sites for hydroxylation is 1. The summed E-state index contributed by atoms with van der Waals surface area (Å²) in [7, 11) is 0. The van der Waals surface area contributed by atoms with Crippen molar-refractivity contribution in [3.63, 3.8) is 0 Å². The van der Waals surface area contributed by atoms with Crippen molar-refractivity contribution in [1.82, 2.24) is 5.32 Å². The molecule has 4 heteroatoms. The largest absolute Gasteiger partial charge is 0.350 e. The van der Waals surface area contributed by atoms with Crippen LogP contribution in [-0.2, 0) is 0 Å². The zero-order chi connectivity index (χ0) is 17.7. The third-order valence-electron chi connectivity index (χ3n) is 3.67. The van der Waals surface area contributed by atoms with E-state index in [1.165, 1.54) is 0 Å². The van der Waals surface area contributed by atoms with Gasteiger partial charge in [0, 0.05) is 29.4 Å². The Bertz CT molecular complexity index is 738. The number of hydrogen-bond donors (Lipinski definition) is 1. The predicted octanol–water partition coefficient (Wildman–Crippen LogP) is 3.80. The lowest BCUT2D eigenvalue weighted by atomic mass is 10.1. The number of nitrogens with zero attached hydrogens (tertiary/aromatic N) is 1. The molecule has 0 spiro atoms. The van der Waals surface area contributed by atoms with Gasteiger partial charge in [-0.1, -0.05) is 18.2 Å². The summed E-state index contributed by atoms with van der Waals surface area (Å²) < 4.78 is 0. The van der Waals surface area contributed by atoms with Crippen LogP contribution in [0.4, 0.5) is 5.69 Å². The molecule has 0 heterocycles. The molecule has 0 saturated heterocycles. The monoisotopic (exact) mass is 324 g/mol. The fourth-order valence-corrected chi connectivity index (χ4v) is 2.53. The van der Waals surface area contributed by atoms with Gasteiger partial charge in [-0.15, -0.1) is 0 Å². The summed E-state index contributed by atoms with van der Waals surface area (Å²) in [6.07, 6.45) is 0. The molecular weight excluding hydrogens is 300 g/mol. The standard InChI is InChI=1S/C20H24N2O2/c1-5-22(18-11-6-8-15(4)12-18)20(24)17-10-7-9-16(13-17)19(23)21-14(2)3/h6-14H,5H2,1-4H3,(H,21,23). The van der Waals surface area contributed by atoms with E-state index >= 15 is 0 Å². The highest BCUT2D eigenvalue weighted by molar-refractivity contribution is 6.07. The highest BCUT2D eigenvalue weighted by Crippen LogP contribution is 2.19. The first kappa shape index (κ1) is 17.7. The van der Waals surface area contributed by atoms with Crippen LogP contribution < -0.4 is 10.2 Å². The van der Waals surface area contributed by atoms with Crippen LogP contribution in [0.25, 0.3) is 0 Å². The average Bonchev–Trinajstić information content (AvgIpc) is 2.55. The average molecular weight is 324 g/mol.